The highest BCUT2D eigenvalue weighted by Gasteiger charge is 2.34. The van der Waals surface area contributed by atoms with Crippen LogP contribution in [0.5, 0.6) is 0 Å². The molecule has 1 unspecified atom stereocenters. The number of aryl methyl sites for hydroxylation is 1. The SMILES string of the molecule is Cc1ccc([S@](=O)/C(=C(/O)c2ccccc2)C(c2ccc(Cl)cc2)C(C#N)C#N)cc1. The Morgan fingerprint density at radius 3 is 2.06 bits per heavy atom. The lowest BCUT2D eigenvalue weighted by Gasteiger charge is -2.23. The van der Waals surface area contributed by atoms with Crippen molar-refractivity contribution in [3.63, 3.8) is 0 Å². The van der Waals surface area contributed by atoms with Crippen LogP contribution < -0.4 is 0 Å². The molecule has 0 aliphatic rings. The van der Waals surface area contributed by atoms with Gasteiger partial charge in [-0.15, -0.1) is 0 Å². The molecule has 0 spiro atoms. The zero-order chi connectivity index (χ0) is 22.4. The summed E-state index contributed by atoms with van der Waals surface area (Å²) in [7, 11) is -1.83. The Labute approximate surface area is 189 Å². The summed E-state index contributed by atoms with van der Waals surface area (Å²) in [5.74, 6) is -2.30. The Kier molecular flexibility index (Phi) is 7.26. The van der Waals surface area contributed by atoms with Crippen molar-refractivity contribution in [2.45, 2.75) is 17.7 Å². The van der Waals surface area contributed by atoms with E-state index in [-0.39, 0.29) is 10.7 Å². The van der Waals surface area contributed by atoms with Crippen LogP contribution in [0.2, 0.25) is 5.02 Å². The van der Waals surface area contributed by atoms with Gasteiger partial charge in [0.1, 0.15) is 11.7 Å². The highest BCUT2D eigenvalue weighted by Crippen LogP contribution is 2.40. The maximum atomic E-state index is 13.7. The number of nitriles is 2. The number of rotatable bonds is 6. The minimum absolute atomic E-state index is 0.102. The summed E-state index contributed by atoms with van der Waals surface area (Å²) in [6.07, 6.45) is 0. The van der Waals surface area contributed by atoms with Crippen LogP contribution in [-0.2, 0) is 10.8 Å². The first kappa shape index (κ1) is 22.3. The molecule has 31 heavy (non-hydrogen) atoms. The first-order valence-corrected chi connectivity index (χ1v) is 11.0. The fraction of sp³-hybridized carbons (Fsp3) is 0.120. The van der Waals surface area contributed by atoms with Crippen LogP contribution in [0.4, 0.5) is 0 Å². The van der Waals surface area contributed by atoms with Crippen LogP contribution in [0, 0.1) is 35.5 Å². The second kappa shape index (κ2) is 10.1. The van der Waals surface area contributed by atoms with Crippen LogP contribution in [-0.4, -0.2) is 9.32 Å². The Morgan fingerprint density at radius 1 is 0.935 bits per heavy atom. The highest BCUT2D eigenvalue weighted by atomic mass is 35.5. The molecule has 154 valence electrons. The van der Waals surface area contributed by atoms with E-state index in [4.69, 9.17) is 11.6 Å². The summed E-state index contributed by atoms with van der Waals surface area (Å²) >= 11 is 6.02. The minimum Gasteiger partial charge on any atom is -0.506 e. The van der Waals surface area contributed by atoms with Crippen molar-refractivity contribution in [1.29, 1.82) is 10.5 Å². The molecule has 0 aliphatic carbocycles. The van der Waals surface area contributed by atoms with E-state index in [2.05, 4.69) is 0 Å². The van der Waals surface area contributed by atoms with Crippen LogP contribution in [0.25, 0.3) is 5.76 Å². The Morgan fingerprint density at radius 2 is 1.52 bits per heavy atom. The van der Waals surface area contributed by atoms with Gasteiger partial charge in [0, 0.05) is 15.5 Å². The molecule has 3 aromatic carbocycles. The number of halogens is 1. The van der Waals surface area contributed by atoms with Gasteiger partial charge in [0.05, 0.1) is 33.8 Å². The average Bonchev–Trinajstić information content (AvgIpc) is 2.80. The van der Waals surface area contributed by atoms with Crippen molar-refractivity contribution in [3.8, 4) is 12.1 Å². The molecular formula is C25H19ClN2O2S. The zero-order valence-electron chi connectivity index (χ0n) is 16.7. The smallest absolute Gasteiger partial charge is 0.144 e. The van der Waals surface area contributed by atoms with Gasteiger partial charge in [-0.3, -0.25) is 0 Å². The monoisotopic (exact) mass is 446 g/mol. The summed E-state index contributed by atoms with van der Waals surface area (Å²) in [6.45, 7) is 1.92. The third kappa shape index (κ3) is 5.03. The molecule has 0 saturated carbocycles. The number of aliphatic hydroxyl groups is 1. The Balaban J connectivity index is 2.29. The second-order valence-corrected chi connectivity index (χ2v) is 8.81. The molecular weight excluding hydrogens is 428 g/mol. The number of aliphatic hydroxyl groups excluding tert-OH is 1. The minimum atomic E-state index is -1.83. The quantitative estimate of drug-likeness (QED) is 0.461. The number of hydrogen-bond acceptors (Lipinski definition) is 4. The zero-order valence-corrected chi connectivity index (χ0v) is 18.3. The molecule has 3 aromatic rings. The van der Waals surface area contributed by atoms with Crippen molar-refractivity contribution in [3.05, 3.63) is 105 Å². The number of benzene rings is 3. The predicted molar refractivity (Wildman–Crippen MR) is 122 cm³/mol. The lowest BCUT2D eigenvalue weighted by atomic mass is 9.86. The van der Waals surface area contributed by atoms with E-state index in [9.17, 15) is 19.8 Å². The van der Waals surface area contributed by atoms with E-state index in [0.717, 1.165) is 5.56 Å². The number of allylic oxidation sites excluding steroid dienone is 1. The average molecular weight is 447 g/mol. The normalized spacial score (nSPS) is 13.6. The molecule has 0 radical (unpaired) electrons. The molecule has 0 saturated heterocycles. The van der Waals surface area contributed by atoms with Crippen molar-refractivity contribution < 1.29 is 9.32 Å². The molecule has 1 N–H and O–H groups in total. The van der Waals surface area contributed by atoms with Crippen LogP contribution >= 0.6 is 11.6 Å². The molecule has 2 atom stereocenters. The van der Waals surface area contributed by atoms with Crippen molar-refractivity contribution in [1.82, 2.24) is 0 Å². The highest BCUT2D eigenvalue weighted by molar-refractivity contribution is 7.89. The van der Waals surface area contributed by atoms with Crippen molar-refractivity contribution in [2.24, 2.45) is 5.92 Å². The molecule has 0 fully saturated rings. The Hall–Kier alpha value is -3.38. The van der Waals surface area contributed by atoms with E-state index >= 15 is 0 Å². The summed E-state index contributed by atoms with van der Waals surface area (Å²) in [6, 6.07) is 26.4. The number of hydrogen-bond donors (Lipinski definition) is 1. The van der Waals surface area contributed by atoms with Crippen LogP contribution in [0.15, 0.2) is 88.7 Å². The maximum Gasteiger partial charge on any atom is 0.144 e. The molecule has 0 amide bonds. The second-order valence-electron chi connectivity index (χ2n) is 6.93. The standard InChI is InChI=1S/C25H19ClN2O2S/c1-17-7-13-22(14-8-17)31(30)25(24(29)19-5-3-2-4-6-19)23(20(15-27)16-28)18-9-11-21(26)12-10-18/h2-14,20,23,29H,1H3/b25-24+/t23?,31-/m0/s1. The van der Waals surface area contributed by atoms with Gasteiger partial charge in [0.15, 0.2) is 0 Å². The molecule has 0 aromatic heterocycles. The van der Waals surface area contributed by atoms with Gasteiger partial charge in [-0.1, -0.05) is 71.8 Å². The Bertz CT molecular complexity index is 1180. The van der Waals surface area contributed by atoms with E-state index in [1.54, 1.807) is 66.7 Å². The fourth-order valence-electron chi connectivity index (χ4n) is 3.22. The molecule has 3 rings (SSSR count). The van der Waals surface area contributed by atoms with Crippen LogP contribution in [0.3, 0.4) is 0 Å². The molecule has 4 nitrogen and oxygen atoms in total. The molecule has 0 bridgehead atoms. The van der Waals surface area contributed by atoms with E-state index < -0.39 is 22.6 Å². The van der Waals surface area contributed by atoms with Gasteiger partial charge in [-0.05, 0) is 36.8 Å². The predicted octanol–water partition coefficient (Wildman–Crippen LogP) is 6.13. The lowest BCUT2D eigenvalue weighted by molar-refractivity contribution is 0.502. The van der Waals surface area contributed by atoms with Gasteiger partial charge < -0.3 is 5.11 Å². The summed E-state index contributed by atoms with van der Waals surface area (Å²) in [5.41, 5.74) is 2.02. The first-order valence-electron chi connectivity index (χ1n) is 9.48. The first-order chi connectivity index (χ1) is 15.0. The summed E-state index contributed by atoms with van der Waals surface area (Å²) < 4.78 is 13.7. The van der Waals surface area contributed by atoms with E-state index in [1.165, 1.54) is 0 Å². The van der Waals surface area contributed by atoms with Gasteiger partial charge in [0.25, 0.3) is 0 Å². The summed E-state index contributed by atoms with van der Waals surface area (Å²) in [4.78, 5) is 0.571. The summed E-state index contributed by atoms with van der Waals surface area (Å²) in [5, 5.41) is 31.1. The molecule has 0 aliphatic heterocycles. The van der Waals surface area contributed by atoms with E-state index in [1.807, 2.05) is 31.2 Å². The third-order valence-electron chi connectivity index (χ3n) is 4.84. The topological polar surface area (TPSA) is 84.9 Å². The maximum absolute atomic E-state index is 13.7. The number of nitrogens with zero attached hydrogens (tertiary/aromatic N) is 2. The fourth-order valence-corrected chi connectivity index (χ4v) is 4.78. The molecule has 0 heterocycles. The van der Waals surface area contributed by atoms with E-state index in [0.29, 0.717) is 21.0 Å². The third-order valence-corrected chi connectivity index (χ3v) is 6.64. The largest absolute Gasteiger partial charge is 0.506 e. The van der Waals surface area contributed by atoms with Gasteiger partial charge in [0.2, 0.25) is 0 Å². The lowest BCUT2D eigenvalue weighted by Crippen LogP contribution is -2.18. The van der Waals surface area contributed by atoms with Crippen molar-refractivity contribution in [2.75, 3.05) is 0 Å². The van der Waals surface area contributed by atoms with Gasteiger partial charge in [-0.25, -0.2) is 4.21 Å². The van der Waals surface area contributed by atoms with Gasteiger partial charge in [-0.2, -0.15) is 10.5 Å². The van der Waals surface area contributed by atoms with Gasteiger partial charge >= 0.3 is 0 Å². The molecule has 6 heteroatoms. The van der Waals surface area contributed by atoms with Crippen molar-refractivity contribution >= 4 is 28.2 Å². The van der Waals surface area contributed by atoms with Crippen LogP contribution in [0.1, 0.15) is 22.6 Å².